The number of carbonyl (C=O) groups is 2. The minimum atomic E-state index is -4.50. The largest absolute Gasteiger partial charge is 0.506 e. The van der Waals surface area contributed by atoms with Crippen molar-refractivity contribution >= 4 is 11.9 Å². The Kier molecular flexibility index (Phi) is 5.57. The molecule has 0 bridgehead atoms. The first-order chi connectivity index (χ1) is 14.0. The van der Waals surface area contributed by atoms with Gasteiger partial charge in [0.1, 0.15) is 17.4 Å². The van der Waals surface area contributed by atoms with E-state index in [2.05, 4.69) is 5.32 Å². The van der Waals surface area contributed by atoms with Crippen molar-refractivity contribution in [2.45, 2.75) is 38.9 Å². The number of aromatic hydroxyl groups is 1. The number of pyridine rings is 1. The van der Waals surface area contributed by atoms with Crippen molar-refractivity contribution in [2.24, 2.45) is 0 Å². The summed E-state index contributed by atoms with van der Waals surface area (Å²) in [6.07, 6.45) is -4.50. The maximum Gasteiger partial charge on any atom is 0.416 e. The van der Waals surface area contributed by atoms with Gasteiger partial charge in [-0.25, -0.2) is 0 Å². The van der Waals surface area contributed by atoms with Crippen LogP contribution in [0.5, 0.6) is 5.75 Å². The van der Waals surface area contributed by atoms with E-state index in [-0.39, 0.29) is 25.3 Å². The number of nitrogens with one attached hydrogen (secondary N) is 1. The molecule has 160 valence electrons. The molecule has 3 N–H and O–H groups in total. The van der Waals surface area contributed by atoms with E-state index in [9.17, 15) is 32.7 Å². The van der Waals surface area contributed by atoms with E-state index < -0.39 is 46.5 Å². The van der Waals surface area contributed by atoms with E-state index in [0.29, 0.717) is 11.3 Å². The van der Waals surface area contributed by atoms with Crippen LogP contribution >= 0.6 is 0 Å². The monoisotopic (exact) mass is 426 g/mol. The molecule has 1 aliphatic rings. The maximum atomic E-state index is 12.9. The van der Waals surface area contributed by atoms with Crippen LogP contribution in [0, 0.1) is 0 Å². The highest BCUT2D eigenvalue weighted by atomic mass is 19.4. The predicted octanol–water partition coefficient (Wildman–Crippen LogP) is 1.85. The van der Waals surface area contributed by atoms with Gasteiger partial charge in [0.15, 0.2) is 0 Å². The zero-order valence-electron chi connectivity index (χ0n) is 15.6. The van der Waals surface area contributed by atoms with Gasteiger partial charge in [-0.1, -0.05) is 12.1 Å². The van der Waals surface area contributed by atoms with E-state index in [1.165, 1.54) is 19.1 Å². The van der Waals surface area contributed by atoms with Crippen LogP contribution in [0.25, 0.3) is 0 Å². The smallest absolute Gasteiger partial charge is 0.416 e. The molecule has 30 heavy (non-hydrogen) atoms. The average molecular weight is 426 g/mol. The van der Waals surface area contributed by atoms with Crippen molar-refractivity contribution in [2.75, 3.05) is 0 Å². The van der Waals surface area contributed by atoms with Crippen molar-refractivity contribution in [3.05, 3.63) is 62.6 Å². The Morgan fingerprint density at radius 1 is 1.23 bits per heavy atom. The van der Waals surface area contributed by atoms with Crippen molar-refractivity contribution in [1.29, 1.82) is 0 Å². The number of hydrogen-bond acceptors (Lipinski definition) is 5. The van der Waals surface area contributed by atoms with Crippen LogP contribution in [0.4, 0.5) is 13.2 Å². The summed E-state index contributed by atoms with van der Waals surface area (Å²) in [6.45, 7) is 0.904. The van der Waals surface area contributed by atoms with Crippen molar-refractivity contribution < 1.29 is 37.7 Å². The lowest BCUT2D eigenvalue weighted by atomic mass is 10.1. The van der Waals surface area contributed by atoms with Crippen LogP contribution in [0.1, 0.15) is 39.7 Å². The summed E-state index contributed by atoms with van der Waals surface area (Å²) in [5, 5.41) is 21.4. The number of nitrogens with zero attached hydrogens (tertiary/aromatic N) is 1. The summed E-state index contributed by atoms with van der Waals surface area (Å²) < 4.78 is 44.6. The predicted molar refractivity (Wildman–Crippen MR) is 96.0 cm³/mol. The summed E-state index contributed by atoms with van der Waals surface area (Å²) in [5.41, 5.74) is -1.57. The fourth-order valence-electron chi connectivity index (χ4n) is 3.06. The van der Waals surface area contributed by atoms with Crippen molar-refractivity contribution in [3.8, 4) is 5.75 Å². The molecule has 0 saturated carbocycles. The van der Waals surface area contributed by atoms with Crippen LogP contribution in [0.3, 0.4) is 0 Å². The van der Waals surface area contributed by atoms with Gasteiger partial charge in [-0.2, -0.15) is 13.2 Å². The number of hydrogen-bond donors (Lipinski definition) is 3. The molecule has 0 spiro atoms. The molecule has 1 atom stereocenters. The first-order valence-corrected chi connectivity index (χ1v) is 8.75. The van der Waals surface area contributed by atoms with Crippen LogP contribution < -0.4 is 10.9 Å². The molecular weight excluding hydrogens is 409 g/mol. The van der Waals surface area contributed by atoms with Gasteiger partial charge >= 0.3 is 12.1 Å². The maximum absolute atomic E-state index is 12.9. The summed E-state index contributed by atoms with van der Waals surface area (Å²) in [4.78, 5) is 36.3. The lowest BCUT2D eigenvalue weighted by molar-refractivity contribution is -0.139. The van der Waals surface area contributed by atoms with Gasteiger partial charge in [-0.15, -0.1) is 0 Å². The second-order valence-electron chi connectivity index (χ2n) is 6.76. The van der Waals surface area contributed by atoms with Crippen molar-refractivity contribution in [3.63, 3.8) is 0 Å². The first-order valence-electron chi connectivity index (χ1n) is 8.75. The van der Waals surface area contributed by atoms with Crippen LogP contribution in [-0.2, 0) is 35.5 Å². The highest BCUT2D eigenvalue weighted by Crippen LogP contribution is 2.31. The molecule has 2 heterocycles. The summed E-state index contributed by atoms with van der Waals surface area (Å²) in [7, 11) is 0. The number of carboxylic acids is 1. The fraction of sp³-hybridized carbons (Fsp3) is 0.316. The minimum Gasteiger partial charge on any atom is -0.506 e. The lowest BCUT2D eigenvalue weighted by Gasteiger charge is -2.17. The number of carbonyl (C=O) groups excluding carboxylic acids is 1. The molecule has 1 unspecified atom stereocenters. The number of rotatable bonds is 5. The Balaban J connectivity index is 2.03. The summed E-state index contributed by atoms with van der Waals surface area (Å²) in [6, 6.07) is 2.84. The molecule has 2 aromatic rings. The molecule has 1 amide bonds. The van der Waals surface area contributed by atoms with E-state index in [4.69, 9.17) is 9.84 Å². The second-order valence-corrected chi connectivity index (χ2v) is 6.76. The molecule has 1 aromatic carbocycles. The molecule has 1 aliphatic heterocycles. The Morgan fingerprint density at radius 2 is 1.87 bits per heavy atom. The average Bonchev–Trinajstić information content (AvgIpc) is 3.15. The molecular formula is C19H17F3N2O6. The third kappa shape index (κ3) is 4.01. The van der Waals surface area contributed by atoms with Gasteiger partial charge < -0.3 is 24.8 Å². The van der Waals surface area contributed by atoms with Crippen LogP contribution in [0.2, 0.25) is 0 Å². The number of aliphatic carboxylic acids is 1. The second kappa shape index (κ2) is 7.82. The standard InChI is InChI=1S/C19H17F3N2O6/c1-9(18(28)29)23-16(26)14-15(25)12-7-30-8-13(12)24(17(14)27)6-10-2-4-11(5-3-10)19(20,21)22/h2-5,9,25H,6-8H2,1H3,(H,23,26)(H,28,29). The quantitative estimate of drug-likeness (QED) is 0.672. The molecule has 0 saturated heterocycles. The van der Waals surface area contributed by atoms with E-state index in [1.54, 1.807) is 0 Å². The molecule has 0 radical (unpaired) electrons. The molecule has 0 aliphatic carbocycles. The number of aromatic nitrogens is 1. The van der Waals surface area contributed by atoms with Gasteiger partial charge in [-0.05, 0) is 24.6 Å². The molecule has 8 nitrogen and oxygen atoms in total. The van der Waals surface area contributed by atoms with Gasteiger partial charge in [-0.3, -0.25) is 14.4 Å². The number of fused-ring (bicyclic) bond motifs is 1. The van der Waals surface area contributed by atoms with Gasteiger partial charge in [0.2, 0.25) is 0 Å². The van der Waals surface area contributed by atoms with E-state index in [0.717, 1.165) is 16.7 Å². The van der Waals surface area contributed by atoms with Crippen molar-refractivity contribution in [1.82, 2.24) is 9.88 Å². The Morgan fingerprint density at radius 3 is 2.43 bits per heavy atom. The summed E-state index contributed by atoms with van der Waals surface area (Å²) >= 11 is 0. The van der Waals surface area contributed by atoms with E-state index >= 15 is 0 Å². The lowest BCUT2D eigenvalue weighted by Crippen LogP contribution is -2.42. The minimum absolute atomic E-state index is 0.0355. The first kappa shape index (κ1) is 21.4. The molecule has 11 heteroatoms. The fourth-order valence-corrected chi connectivity index (χ4v) is 3.06. The molecule has 3 rings (SSSR count). The summed E-state index contributed by atoms with van der Waals surface area (Å²) in [5.74, 6) is -3.02. The number of alkyl halides is 3. The van der Waals surface area contributed by atoms with Crippen LogP contribution in [-0.4, -0.2) is 32.7 Å². The number of ether oxygens (including phenoxy) is 1. The number of carboxylic acid groups (broad SMARTS) is 1. The number of halogens is 3. The highest BCUT2D eigenvalue weighted by Gasteiger charge is 2.31. The molecule has 1 aromatic heterocycles. The van der Waals surface area contributed by atoms with Crippen LogP contribution in [0.15, 0.2) is 29.1 Å². The highest BCUT2D eigenvalue weighted by molar-refractivity contribution is 5.98. The normalized spacial score (nSPS) is 14.3. The van der Waals surface area contributed by atoms with E-state index in [1.807, 2.05) is 0 Å². The Bertz CT molecular complexity index is 1060. The third-order valence-corrected chi connectivity index (χ3v) is 4.71. The Hall–Kier alpha value is -3.34. The SMILES string of the molecule is CC(NC(=O)c1c(O)c2c(n(Cc3ccc(C(F)(F)F)cc3)c1=O)COC2)C(=O)O. The Labute approximate surface area is 167 Å². The zero-order chi connectivity index (χ0) is 22.2. The van der Waals surface area contributed by atoms with Gasteiger partial charge in [0, 0.05) is 5.56 Å². The topological polar surface area (TPSA) is 118 Å². The number of amides is 1. The third-order valence-electron chi connectivity index (χ3n) is 4.71. The number of benzene rings is 1. The molecule has 0 fully saturated rings. The zero-order valence-corrected chi connectivity index (χ0v) is 15.6. The van der Waals surface area contributed by atoms with Gasteiger partial charge in [0.25, 0.3) is 11.5 Å². The van der Waals surface area contributed by atoms with Gasteiger partial charge in [0.05, 0.1) is 31.0 Å².